The Kier molecular flexibility index (Phi) is 12.8. The Morgan fingerprint density at radius 3 is 1.47 bits per heavy atom. The minimum atomic E-state index is -4.42. The number of likely N-dealkylation sites (N-methyl/N-ethyl adjacent to an activating group) is 1. The van der Waals surface area contributed by atoms with Gasteiger partial charge in [0.1, 0.15) is 19.6 Å². The second kappa shape index (κ2) is 11.5. The van der Waals surface area contributed by atoms with Crippen LogP contribution in [0.15, 0.2) is 0 Å². The third-order valence-electron chi connectivity index (χ3n) is 2.66. The molecule has 0 saturated carbocycles. The van der Waals surface area contributed by atoms with E-state index in [4.69, 9.17) is 15.3 Å². The zero-order valence-electron chi connectivity index (χ0n) is 11.5. The van der Waals surface area contributed by atoms with E-state index < -0.39 is 10.4 Å². The fourth-order valence-corrected chi connectivity index (χ4v) is 1.88. The molecule has 0 aliphatic rings. The molecule has 0 atom stereocenters. The molecule has 0 aromatic heterocycles. The molecule has 0 heterocycles. The Morgan fingerprint density at radius 1 is 1.00 bits per heavy atom. The first kappa shape index (κ1) is 21.0. The number of nitrogens with zero attached hydrogens (tertiary/aromatic N) is 1. The Labute approximate surface area is 114 Å². The maximum Gasteiger partial charge on any atom is 0.217 e. The van der Waals surface area contributed by atoms with E-state index in [2.05, 4.69) is 4.18 Å². The van der Waals surface area contributed by atoms with Crippen LogP contribution in [0.5, 0.6) is 0 Å². The van der Waals surface area contributed by atoms with Crippen LogP contribution in [0.2, 0.25) is 0 Å². The molecule has 9 heteroatoms. The van der Waals surface area contributed by atoms with Crippen LogP contribution in [0.1, 0.15) is 13.8 Å². The molecule has 0 bridgehead atoms. The van der Waals surface area contributed by atoms with E-state index in [1.54, 1.807) is 0 Å². The molecule has 19 heavy (non-hydrogen) atoms. The van der Waals surface area contributed by atoms with Gasteiger partial charge in [-0.2, -0.15) is 0 Å². The molecule has 3 N–H and O–H groups in total. The summed E-state index contributed by atoms with van der Waals surface area (Å²) in [5, 5.41) is 26.4. The minimum Gasteiger partial charge on any atom is -0.726 e. The van der Waals surface area contributed by atoms with E-state index in [0.29, 0.717) is 24.1 Å². The van der Waals surface area contributed by atoms with Crippen molar-refractivity contribution in [3.8, 4) is 0 Å². The van der Waals surface area contributed by atoms with Crippen LogP contribution in [0.25, 0.3) is 0 Å². The van der Waals surface area contributed by atoms with E-state index in [1.807, 2.05) is 6.92 Å². The van der Waals surface area contributed by atoms with Crippen molar-refractivity contribution >= 4 is 10.4 Å². The molecule has 0 aromatic carbocycles. The second-order valence-corrected chi connectivity index (χ2v) is 4.87. The summed E-state index contributed by atoms with van der Waals surface area (Å²) in [5.74, 6) is 0. The van der Waals surface area contributed by atoms with Crippen molar-refractivity contribution in [1.29, 1.82) is 0 Å². The molecular formula is C10H25NO7S. The van der Waals surface area contributed by atoms with Crippen molar-refractivity contribution in [2.45, 2.75) is 13.8 Å². The fourth-order valence-electron chi connectivity index (χ4n) is 1.59. The molecule has 0 aliphatic heterocycles. The summed E-state index contributed by atoms with van der Waals surface area (Å²) in [7, 11) is -4.42. The number of quaternary nitrogens is 1. The van der Waals surface area contributed by atoms with Gasteiger partial charge in [0, 0.05) is 0 Å². The first-order valence-corrected chi connectivity index (χ1v) is 7.42. The van der Waals surface area contributed by atoms with Gasteiger partial charge in [-0.05, 0) is 13.8 Å². The molecule has 0 fully saturated rings. The molecule has 0 unspecified atom stereocenters. The van der Waals surface area contributed by atoms with Gasteiger partial charge in [-0.25, -0.2) is 8.42 Å². The van der Waals surface area contributed by atoms with Gasteiger partial charge < -0.3 is 24.4 Å². The quantitative estimate of drug-likeness (QED) is 0.263. The maximum absolute atomic E-state index is 9.45. The third-order valence-corrected chi connectivity index (χ3v) is 3.18. The molecule has 0 saturated heterocycles. The van der Waals surface area contributed by atoms with Crippen LogP contribution in [-0.2, 0) is 14.6 Å². The van der Waals surface area contributed by atoms with Gasteiger partial charge in [-0.3, -0.25) is 4.18 Å². The van der Waals surface area contributed by atoms with E-state index in [9.17, 15) is 13.0 Å². The summed E-state index contributed by atoms with van der Waals surface area (Å²) < 4.78 is 32.6. The largest absolute Gasteiger partial charge is 0.726 e. The second-order valence-electron chi connectivity index (χ2n) is 3.81. The molecule has 118 valence electrons. The minimum absolute atomic E-state index is 0.0914. The fraction of sp³-hybridized carbons (Fsp3) is 1.00. The van der Waals surface area contributed by atoms with Gasteiger partial charge in [0.2, 0.25) is 10.4 Å². The number of hydrogen-bond acceptors (Lipinski definition) is 7. The van der Waals surface area contributed by atoms with Gasteiger partial charge in [-0.15, -0.1) is 0 Å². The van der Waals surface area contributed by atoms with Crippen LogP contribution < -0.4 is 0 Å². The van der Waals surface area contributed by atoms with Crippen LogP contribution in [0.3, 0.4) is 0 Å². The van der Waals surface area contributed by atoms with Crippen molar-refractivity contribution in [3.05, 3.63) is 0 Å². The van der Waals surface area contributed by atoms with Crippen LogP contribution in [0, 0.1) is 0 Å². The van der Waals surface area contributed by atoms with Gasteiger partial charge in [0.15, 0.2) is 0 Å². The summed E-state index contributed by atoms with van der Waals surface area (Å²) >= 11 is 0. The highest BCUT2D eigenvalue weighted by atomic mass is 32.3. The molecule has 8 nitrogen and oxygen atoms in total. The Balaban J connectivity index is 0. The predicted molar refractivity (Wildman–Crippen MR) is 68.0 cm³/mol. The van der Waals surface area contributed by atoms with E-state index in [-0.39, 0.29) is 26.4 Å². The first-order chi connectivity index (χ1) is 8.80. The predicted octanol–water partition coefficient (Wildman–Crippen LogP) is -1.72. The lowest BCUT2D eigenvalue weighted by molar-refractivity contribution is -0.927. The molecule has 0 aromatic rings. The van der Waals surface area contributed by atoms with Crippen molar-refractivity contribution in [3.63, 3.8) is 0 Å². The summed E-state index contributed by atoms with van der Waals surface area (Å²) in [6.45, 7) is 6.31. The van der Waals surface area contributed by atoms with Crippen LogP contribution >= 0.6 is 0 Å². The Bertz CT molecular complexity index is 277. The molecule has 0 amide bonds. The van der Waals surface area contributed by atoms with Gasteiger partial charge in [0.25, 0.3) is 0 Å². The normalized spacial score (nSPS) is 11.9. The van der Waals surface area contributed by atoms with Crippen molar-refractivity contribution in [1.82, 2.24) is 0 Å². The molecule has 0 spiro atoms. The lowest BCUT2D eigenvalue weighted by Crippen LogP contribution is -2.53. The van der Waals surface area contributed by atoms with Crippen molar-refractivity contribution in [2.24, 2.45) is 0 Å². The topological polar surface area (TPSA) is 127 Å². The molecule has 0 aliphatic carbocycles. The molecule has 0 radical (unpaired) electrons. The average Bonchev–Trinajstić information content (AvgIpc) is 2.29. The highest BCUT2D eigenvalue weighted by Crippen LogP contribution is 2.04. The number of hydrogen-bond donors (Lipinski definition) is 3. The van der Waals surface area contributed by atoms with Gasteiger partial charge in [0.05, 0.1) is 33.0 Å². The van der Waals surface area contributed by atoms with Crippen molar-refractivity contribution in [2.75, 3.05) is 52.6 Å². The summed E-state index contributed by atoms with van der Waals surface area (Å²) in [6.07, 6.45) is 0. The monoisotopic (exact) mass is 303 g/mol. The number of aliphatic hydroxyl groups excluding tert-OH is 3. The summed E-state index contributed by atoms with van der Waals surface area (Å²) in [4.78, 5) is 0. The number of aliphatic hydroxyl groups is 3. The Morgan fingerprint density at radius 2 is 1.37 bits per heavy atom. The highest BCUT2D eigenvalue weighted by molar-refractivity contribution is 7.80. The standard InChI is InChI=1S/C8H20NO3.C2H6O4S/c1-2-9(3-6-10,4-7-11)5-8-12;1-2-6-7(3,4)5/h10-12H,2-8H2,1H3;2H2,1H3,(H,3,4,5)/q+1;/p-1. The Hall–Kier alpha value is -0.290. The first-order valence-electron chi connectivity index (χ1n) is 6.08. The van der Waals surface area contributed by atoms with Crippen LogP contribution in [-0.4, -0.2) is 85.4 Å². The highest BCUT2D eigenvalue weighted by Gasteiger charge is 2.22. The zero-order valence-corrected chi connectivity index (χ0v) is 12.3. The summed E-state index contributed by atoms with van der Waals surface area (Å²) in [5.41, 5.74) is 0. The average molecular weight is 303 g/mol. The van der Waals surface area contributed by atoms with Gasteiger partial charge in [-0.1, -0.05) is 0 Å². The van der Waals surface area contributed by atoms with Gasteiger partial charge >= 0.3 is 0 Å². The van der Waals surface area contributed by atoms with Crippen LogP contribution in [0.4, 0.5) is 0 Å². The third kappa shape index (κ3) is 12.5. The van der Waals surface area contributed by atoms with E-state index in [1.165, 1.54) is 6.92 Å². The maximum atomic E-state index is 9.45. The lowest BCUT2D eigenvalue weighted by atomic mass is 10.3. The van der Waals surface area contributed by atoms with E-state index >= 15 is 0 Å². The number of rotatable bonds is 9. The SMILES string of the molecule is CCOS(=O)(=O)[O-].CC[N+](CCO)(CCO)CCO. The van der Waals surface area contributed by atoms with Crippen molar-refractivity contribution < 1.29 is 37.0 Å². The molecular weight excluding hydrogens is 278 g/mol. The van der Waals surface area contributed by atoms with E-state index in [0.717, 1.165) is 6.54 Å². The zero-order chi connectivity index (χ0) is 15.4. The molecule has 0 rings (SSSR count). The summed E-state index contributed by atoms with van der Waals surface area (Å²) in [6, 6.07) is 0. The lowest BCUT2D eigenvalue weighted by Gasteiger charge is -2.36. The smallest absolute Gasteiger partial charge is 0.217 e.